The van der Waals surface area contributed by atoms with Crippen LogP contribution in [0.1, 0.15) is 25.1 Å². The second-order valence-electron chi connectivity index (χ2n) is 7.43. The normalized spacial score (nSPS) is 11.4. The fourth-order valence-electron chi connectivity index (χ4n) is 3.30. The quantitative estimate of drug-likeness (QED) is 0.506. The molecule has 0 unspecified atom stereocenters. The molecule has 3 aromatic rings. The number of fused-ring (bicyclic) bond motifs is 1. The first kappa shape index (κ1) is 20.2. The Balaban J connectivity index is 2.00. The number of aromatic nitrogens is 3. The van der Waals surface area contributed by atoms with Crippen molar-refractivity contribution in [3.05, 3.63) is 51.9 Å². The molecule has 0 spiro atoms. The summed E-state index contributed by atoms with van der Waals surface area (Å²) in [5.41, 5.74) is 3.68. The van der Waals surface area contributed by atoms with Gasteiger partial charge in [0.25, 0.3) is 5.56 Å². The molecule has 2 heterocycles. The molecule has 1 aromatic carbocycles. The highest BCUT2D eigenvalue weighted by Gasteiger charge is 2.18. The van der Waals surface area contributed by atoms with Crippen LogP contribution in [0.15, 0.2) is 40.3 Å². The van der Waals surface area contributed by atoms with Gasteiger partial charge in [0.05, 0.1) is 5.52 Å². The van der Waals surface area contributed by atoms with Gasteiger partial charge in [0.15, 0.2) is 5.16 Å². The molecule has 0 saturated heterocycles. The summed E-state index contributed by atoms with van der Waals surface area (Å²) in [7, 11) is 0. The van der Waals surface area contributed by atoms with E-state index in [1.807, 2.05) is 50.4 Å². The number of anilines is 1. The number of hydrogen-bond donors (Lipinski definition) is 1. The lowest BCUT2D eigenvalue weighted by Gasteiger charge is -2.14. The molecule has 148 valence electrons. The Hall–Kier alpha value is -2.54. The van der Waals surface area contributed by atoms with Gasteiger partial charge in [-0.05, 0) is 49.8 Å². The third kappa shape index (κ3) is 4.14. The Morgan fingerprint density at radius 1 is 1.21 bits per heavy atom. The lowest BCUT2D eigenvalue weighted by Crippen LogP contribution is -2.28. The molecule has 0 radical (unpaired) electrons. The van der Waals surface area contributed by atoms with Gasteiger partial charge in [-0.3, -0.25) is 14.2 Å². The highest BCUT2D eigenvalue weighted by Crippen LogP contribution is 2.20. The Morgan fingerprint density at radius 3 is 2.61 bits per heavy atom. The van der Waals surface area contributed by atoms with Crippen molar-refractivity contribution < 1.29 is 4.79 Å². The lowest BCUT2D eigenvalue weighted by atomic mass is 10.2. The van der Waals surface area contributed by atoms with Crippen LogP contribution in [0, 0.1) is 19.8 Å². The fraction of sp³-hybridized carbons (Fsp3) is 0.381. The fourth-order valence-corrected chi connectivity index (χ4v) is 3.87. The molecule has 28 heavy (non-hydrogen) atoms. The summed E-state index contributed by atoms with van der Waals surface area (Å²) < 4.78 is 3.47. The van der Waals surface area contributed by atoms with Crippen LogP contribution in [0.3, 0.4) is 0 Å². The topological polar surface area (TPSA) is 68.9 Å². The molecule has 0 aliphatic carbocycles. The van der Waals surface area contributed by atoms with Crippen molar-refractivity contribution >= 4 is 34.4 Å². The lowest BCUT2D eigenvalue weighted by molar-refractivity contribution is -0.116. The van der Waals surface area contributed by atoms with Crippen LogP contribution in [0.4, 0.5) is 5.69 Å². The van der Waals surface area contributed by atoms with Gasteiger partial charge in [-0.2, -0.15) is 0 Å². The predicted octanol–water partition coefficient (Wildman–Crippen LogP) is 3.83. The first-order chi connectivity index (χ1) is 13.3. The summed E-state index contributed by atoms with van der Waals surface area (Å²) in [6.07, 6.45) is 1.92. The van der Waals surface area contributed by atoms with E-state index >= 15 is 0 Å². The maximum absolute atomic E-state index is 13.2. The number of hydrogen-bond acceptors (Lipinski definition) is 4. The number of amides is 1. The number of thioether (sulfide) groups is 1. The second-order valence-corrected chi connectivity index (χ2v) is 8.20. The summed E-state index contributed by atoms with van der Waals surface area (Å²) in [4.78, 5) is 30.5. The molecular weight excluding hydrogens is 372 g/mol. The SMILES string of the molecule is CSc1nc2cc(C)n(CC(=O)Nc3cccc(C)c3)c2c(=O)n1CC(C)C. The smallest absolute Gasteiger partial charge is 0.278 e. The molecule has 1 N–H and O–H groups in total. The highest BCUT2D eigenvalue weighted by atomic mass is 32.2. The van der Waals surface area contributed by atoms with Crippen molar-refractivity contribution in [2.75, 3.05) is 11.6 Å². The van der Waals surface area contributed by atoms with Gasteiger partial charge in [-0.25, -0.2) is 4.98 Å². The van der Waals surface area contributed by atoms with Crippen LogP contribution in [0.2, 0.25) is 0 Å². The van der Waals surface area contributed by atoms with E-state index in [1.165, 1.54) is 11.8 Å². The number of nitrogens with zero attached hydrogens (tertiary/aromatic N) is 3. The van der Waals surface area contributed by atoms with Crippen LogP contribution in [0.5, 0.6) is 0 Å². The number of carbonyl (C=O) groups excluding carboxylic acids is 1. The van der Waals surface area contributed by atoms with Gasteiger partial charge >= 0.3 is 0 Å². The first-order valence-electron chi connectivity index (χ1n) is 9.31. The first-order valence-corrected chi connectivity index (χ1v) is 10.5. The summed E-state index contributed by atoms with van der Waals surface area (Å²) in [5, 5.41) is 3.61. The minimum atomic E-state index is -0.171. The number of benzene rings is 1. The predicted molar refractivity (Wildman–Crippen MR) is 115 cm³/mol. The third-order valence-electron chi connectivity index (χ3n) is 4.51. The summed E-state index contributed by atoms with van der Waals surface area (Å²) in [6.45, 7) is 8.68. The van der Waals surface area contributed by atoms with Gasteiger partial charge in [0, 0.05) is 17.9 Å². The summed E-state index contributed by atoms with van der Waals surface area (Å²) >= 11 is 1.46. The van der Waals surface area contributed by atoms with Crippen LogP contribution >= 0.6 is 11.8 Å². The minimum absolute atomic E-state index is 0.0699. The van der Waals surface area contributed by atoms with Crippen molar-refractivity contribution in [2.24, 2.45) is 5.92 Å². The van der Waals surface area contributed by atoms with E-state index in [0.717, 1.165) is 16.9 Å². The van der Waals surface area contributed by atoms with E-state index in [9.17, 15) is 9.59 Å². The molecule has 0 aliphatic rings. The second kappa shape index (κ2) is 8.22. The van der Waals surface area contributed by atoms with Gasteiger partial charge in [0.2, 0.25) is 5.91 Å². The van der Waals surface area contributed by atoms with E-state index in [0.29, 0.717) is 28.7 Å². The van der Waals surface area contributed by atoms with Crippen LogP contribution in [-0.4, -0.2) is 26.3 Å². The average molecular weight is 399 g/mol. The van der Waals surface area contributed by atoms with Gasteiger partial charge in [-0.15, -0.1) is 0 Å². The summed E-state index contributed by atoms with van der Waals surface area (Å²) in [6, 6.07) is 9.52. The minimum Gasteiger partial charge on any atom is -0.330 e. The van der Waals surface area contributed by atoms with E-state index in [1.54, 1.807) is 9.13 Å². The van der Waals surface area contributed by atoms with E-state index < -0.39 is 0 Å². The number of carbonyl (C=O) groups is 1. The molecule has 7 heteroatoms. The Kier molecular flexibility index (Phi) is 5.93. The largest absolute Gasteiger partial charge is 0.330 e. The van der Waals surface area contributed by atoms with Crippen LogP contribution in [-0.2, 0) is 17.9 Å². The molecule has 3 rings (SSSR count). The van der Waals surface area contributed by atoms with Crippen molar-refractivity contribution in [1.82, 2.24) is 14.1 Å². The Morgan fingerprint density at radius 2 is 1.96 bits per heavy atom. The number of aryl methyl sites for hydroxylation is 2. The van der Waals surface area contributed by atoms with Crippen LogP contribution < -0.4 is 10.9 Å². The van der Waals surface area contributed by atoms with Crippen molar-refractivity contribution in [1.29, 1.82) is 0 Å². The highest BCUT2D eigenvalue weighted by molar-refractivity contribution is 7.98. The van der Waals surface area contributed by atoms with Gasteiger partial charge < -0.3 is 9.88 Å². The zero-order valence-corrected chi connectivity index (χ0v) is 17.8. The zero-order valence-electron chi connectivity index (χ0n) is 16.9. The zero-order chi connectivity index (χ0) is 20.4. The molecule has 6 nitrogen and oxygen atoms in total. The average Bonchev–Trinajstić information content (AvgIpc) is 2.92. The van der Waals surface area contributed by atoms with Gasteiger partial charge in [0.1, 0.15) is 12.1 Å². The maximum Gasteiger partial charge on any atom is 0.278 e. The Bertz CT molecular complexity index is 1080. The molecule has 2 aromatic heterocycles. The van der Waals surface area contributed by atoms with Crippen molar-refractivity contribution in [3.8, 4) is 0 Å². The van der Waals surface area contributed by atoms with Gasteiger partial charge in [-0.1, -0.05) is 37.7 Å². The molecule has 0 bridgehead atoms. The third-order valence-corrected chi connectivity index (χ3v) is 5.19. The monoisotopic (exact) mass is 398 g/mol. The van der Waals surface area contributed by atoms with E-state index in [2.05, 4.69) is 24.1 Å². The van der Waals surface area contributed by atoms with E-state index in [4.69, 9.17) is 0 Å². The maximum atomic E-state index is 13.2. The number of nitrogens with one attached hydrogen (secondary N) is 1. The standard InChI is InChI=1S/C21H26N4O2S/c1-13(2)11-25-20(27)19-17(23-21(25)28-5)10-15(4)24(19)12-18(26)22-16-8-6-7-14(3)9-16/h6-10,13H,11-12H2,1-5H3,(H,22,26). The molecular formula is C21H26N4O2S. The molecule has 0 aliphatic heterocycles. The van der Waals surface area contributed by atoms with E-state index in [-0.39, 0.29) is 18.0 Å². The molecule has 0 fully saturated rings. The summed E-state index contributed by atoms with van der Waals surface area (Å²) in [5.74, 6) is 0.145. The van der Waals surface area contributed by atoms with Crippen molar-refractivity contribution in [3.63, 3.8) is 0 Å². The molecule has 1 amide bonds. The number of rotatable bonds is 6. The van der Waals surface area contributed by atoms with Crippen LogP contribution in [0.25, 0.3) is 11.0 Å². The Labute approximate surface area is 169 Å². The molecule has 0 atom stereocenters. The molecule has 0 saturated carbocycles. The van der Waals surface area contributed by atoms with Crippen molar-refractivity contribution in [2.45, 2.75) is 45.9 Å².